The Morgan fingerprint density at radius 3 is 1.44 bits per heavy atom. The van der Waals surface area contributed by atoms with Gasteiger partial charge in [-0.3, -0.25) is 0 Å². The summed E-state index contributed by atoms with van der Waals surface area (Å²) < 4.78 is 0. The summed E-state index contributed by atoms with van der Waals surface area (Å²) in [5.74, 6) is 1.18. The molecule has 4 nitrogen and oxygen atoms in total. The maximum absolute atomic E-state index is 5.70. The van der Waals surface area contributed by atoms with E-state index in [9.17, 15) is 0 Å². The highest BCUT2D eigenvalue weighted by Gasteiger charge is 1.94. The van der Waals surface area contributed by atoms with E-state index >= 15 is 0 Å². The van der Waals surface area contributed by atoms with Crippen molar-refractivity contribution in [2.45, 2.75) is 65.2 Å². The molecule has 0 radical (unpaired) electrons. The molecule has 0 atom stereocenters. The molecule has 0 fully saturated rings. The van der Waals surface area contributed by atoms with E-state index in [0.29, 0.717) is 11.7 Å². The zero-order valence-corrected chi connectivity index (χ0v) is 10.7. The maximum atomic E-state index is 5.70. The van der Waals surface area contributed by atoms with Crippen LogP contribution in [0.2, 0.25) is 0 Å². The lowest BCUT2D eigenvalue weighted by molar-refractivity contribution is 0.735. The van der Waals surface area contributed by atoms with Gasteiger partial charge in [0.1, 0.15) is 11.7 Å². The van der Waals surface area contributed by atoms with E-state index in [4.69, 9.17) is 11.5 Å². The maximum Gasteiger partial charge on any atom is 0.122 e. The van der Waals surface area contributed by atoms with Crippen LogP contribution in [-0.2, 0) is 0 Å². The van der Waals surface area contributed by atoms with Gasteiger partial charge in [0.05, 0.1) is 0 Å². The number of hydrogen-bond donors (Lipinski definition) is 2. The highest BCUT2D eigenvalue weighted by Crippen LogP contribution is 2.00. The first-order chi connectivity index (χ1) is 7.70. The minimum atomic E-state index is 0.590. The molecule has 0 saturated carbocycles. The number of hydrogen-bond acceptors (Lipinski definition) is 2. The van der Waals surface area contributed by atoms with E-state index in [0.717, 1.165) is 25.7 Å². The monoisotopic (exact) mass is 226 g/mol. The molecule has 4 heteroatoms. The fourth-order valence-corrected chi connectivity index (χ4v) is 1.34. The van der Waals surface area contributed by atoms with E-state index in [1.807, 2.05) is 0 Å². The minimum absolute atomic E-state index is 0.590. The molecule has 0 aromatic rings. The largest absolute Gasteiger partial charge is 0.386 e. The Bertz CT molecular complexity index is 197. The molecule has 0 rings (SSSR count). The number of nitrogens with zero attached hydrogens (tertiary/aromatic N) is 2. The van der Waals surface area contributed by atoms with Gasteiger partial charge >= 0.3 is 0 Å². The van der Waals surface area contributed by atoms with E-state index in [1.165, 1.54) is 25.7 Å². The van der Waals surface area contributed by atoms with Gasteiger partial charge in [-0.1, -0.05) is 39.5 Å². The molecule has 0 unspecified atom stereocenters. The normalized spacial score (nSPS) is 13.1. The van der Waals surface area contributed by atoms with Crippen LogP contribution in [0.5, 0.6) is 0 Å². The molecular formula is C12H26N4. The Kier molecular flexibility index (Phi) is 9.76. The molecular weight excluding hydrogens is 200 g/mol. The summed E-state index contributed by atoms with van der Waals surface area (Å²) in [6.07, 6.45) is 8.55. The van der Waals surface area contributed by atoms with Gasteiger partial charge in [-0.25, -0.2) is 0 Å². The van der Waals surface area contributed by atoms with E-state index < -0.39 is 0 Å². The highest BCUT2D eigenvalue weighted by atomic mass is 15.2. The van der Waals surface area contributed by atoms with Crippen molar-refractivity contribution >= 4 is 11.7 Å². The summed E-state index contributed by atoms with van der Waals surface area (Å²) in [6.45, 7) is 4.33. The second-order valence-electron chi connectivity index (χ2n) is 4.10. The van der Waals surface area contributed by atoms with Crippen LogP contribution < -0.4 is 11.5 Å². The highest BCUT2D eigenvalue weighted by molar-refractivity contribution is 5.83. The SMILES string of the molecule is CCCCC/C(N)=N/N=C(\N)CCCCC. The smallest absolute Gasteiger partial charge is 0.122 e. The number of amidine groups is 2. The van der Waals surface area contributed by atoms with Crippen LogP contribution in [0.25, 0.3) is 0 Å². The third-order valence-electron chi connectivity index (χ3n) is 2.38. The molecule has 0 bridgehead atoms. The Morgan fingerprint density at radius 1 is 0.750 bits per heavy atom. The van der Waals surface area contributed by atoms with Crippen molar-refractivity contribution in [2.24, 2.45) is 21.7 Å². The summed E-state index contributed by atoms with van der Waals surface area (Å²) in [7, 11) is 0. The van der Waals surface area contributed by atoms with Crippen molar-refractivity contribution in [1.82, 2.24) is 0 Å². The van der Waals surface area contributed by atoms with Gasteiger partial charge in [-0.05, 0) is 12.8 Å². The van der Waals surface area contributed by atoms with Crippen molar-refractivity contribution in [2.75, 3.05) is 0 Å². The van der Waals surface area contributed by atoms with E-state index in [-0.39, 0.29) is 0 Å². The van der Waals surface area contributed by atoms with Crippen molar-refractivity contribution in [1.29, 1.82) is 0 Å². The Balaban J connectivity index is 3.77. The van der Waals surface area contributed by atoms with Crippen molar-refractivity contribution < 1.29 is 0 Å². The zero-order chi connectivity index (χ0) is 12.2. The molecule has 0 aromatic heterocycles. The van der Waals surface area contributed by atoms with Gasteiger partial charge in [0, 0.05) is 12.8 Å². The van der Waals surface area contributed by atoms with Gasteiger partial charge < -0.3 is 11.5 Å². The second-order valence-corrected chi connectivity index (χ2v) is 4.10. The van der Waals surface area contributed by atoms with E-state index in [1.54, 1.807) is 0 Å². The van der Waals surface area contributed by atoms with E-state index in [2.05, 4.69) is 24.1 Å². The summed E-state index contributed by atoms with van der Waals surface area (Å²) in [6, 6.07) is 0. The Morgan fingerprint density at radius 2 is 1.12 bits per heavy atom. The van der Waals surface area contributed by atoms with Crippen LogP contribution in [0.4, 0.5) is 0 Å². The van der Waals surface area contributed by atoms with Crippen molar-refractivity contribution in [3.05, 3.63) is 0 Å². The summed E-state index contributed by atoms with van der Waals surface area (Å²) in [5.41, 5.74) is 11.4. The first-order valence-corrected chi connectivity index (χ1v) is 6.35. The molecule has 4 N–H and O–H groups in total. The lowest BCUT2D eigenvalue weighted by Crippen LogP contribution is -2.14. The predicted molar refractivity (Wildman–Crippen MR) is 71.5 cm³/mol. The fourth-order valence-electron chi connectivity index (χ4n) is 1.34. The molecule has 0 heterocycles. The topological polar surface area (TPSA) is 76.8 Å². The van der Waals surface area contributed by atoms with Crippen molar-refractivity contribution in [3.63, 3.8) is 0 Å². The average Bonchev–Trinajstić information content (AvgIpc) is 2.27. The molecule has 0 aromatic carbocycles. The lowest BCUT2D eigenvalue weighted by atomic mass is 10.2. The lowest BCUT2D eigenvalue weighted by Gasteiger charge is -1.99. The standard InChI is InChI=1S/C12H26N4/c1-3-5-7-9-11(13)15-16-12(14)10-8-6-4-2/h3-10H2,1-2H3,(H2,13,15)(H2,14,16). The molecule has 0 aliphatic rings. The molecule has 0 saturated heterocycles. The van der Waals surface area contributed by atoms with Crippen LogP contribution >= 0.6 is 0 Å². The molecule has 0 aliphatic heterocycles. The minimum Gasteiger partial charge on any atom is -0.386 e. The zero-order valence-electron chi connectivity index (χ0n) is 10.7. The second kappa shape index (κ2) is 10.5. The number of nitrogens with two attached hydrogens (primary N) is 2. The van der Waals surface area contributed by atoms with Crippen LogP contribution in [0.15, 0.2) is 10.2 Å². The van der Waals surface area contributed by atoms with Crippen LogP contribution in [0, 0.1) is 0 Å². The molecule has 0 amide bonds. The summed E-state index contributed by atoms with van der Waals surface area (Å²) >= 11 is 0. The molecule has 0 aliphatic carbocycles. The van der Waals surface area contributed by atoms with Gasteiger partial charge in [0.15, 0.2) is 0 Å². The quantitative estimate of drug-likeness (QED) is 0.274. The summed E-state index contributed by atoms with van der Waals surface area (Å²) in [5, 5.41) is 7.86. The van der Waals surface area contributed by atoms with Gasteiger partial charge in [-0.2, -0.15) is 0 Å². The fraction of sp³-hybridized carbons (Fsp3) is 0.833. The predicted octanol–water partition coefficient (Wildman–Crippen LogP) is 2.78. The van der Waals surface area contributed by atoms with Crippen LogP contribution in [0.1, 0.15) is 65.2 Å². The van der Waals surface area contributed by atoms with Crippen LogP contribution in [-0.4, -0.2) is 11.7 Å². The molecule has 16 heavy (non-hydrogen) atoms. The van der Waals surface area contributed by atoms with Gasteiger partial charge in [-0.15, -0.1) is 10.2 Å². The molecule has 0 spiro atoms. The van der Waals surface area contributed by atoms with Crippen LogP contribution in [0.3, 0.4) is 0 Å². The Labute approximate surface area is 99.2 Å². The number of unbranched alkanes of at least 4 members (excludes halogenated alkanes) is 4. The third kappa shape index (κ3) is 9.49. The van der Waals surface area contributed by atoms with Crippen molar-refractivity contribution in [3.8, 4) is 0 Å². The third-order valence-corrected chi connectivity index (χ3v) is 2.38. The van der Waals surface area contributed by atoms with Gasteiger partial charge in [0.25, 0.3) is 0 Å². The molecule has 94 valence electrons. The number of rotatable bonds is 9. The first-order valence-electron chi connectivity index (χ1n) is 6.35. The summed E-state index contributed by atoms with van der Waals surface area (Å²) in [4.78, 5) is 0. The average molecular weight is 226 g/mol. The Hall–Kier alpha value is -1.06. The van der Waals surface area contributed by atoms with Gasteiger partial charge in [0.2, 0.25) is 0 Å². The first kappa shape index (κ1) is 14.9.